The van der Waals surface area contributed by atoms with E-state index in [9.17, 15) is 9.18 Å². The lowest BCUT2D eigenvalue weighted by molar-refractivity contribution is 0.102. The quantitative estimate of drug-likeness (QED) is 0.469. The van der Waals surface area contributed by atoms with E-state index in [2.05, 4.69) is 34.1 Å². The van der Waals surface area contributed by atoms with Crippen molar-refractivity contribution >= 4 is 22.9 Å². The predicted molar refractivity (Wildman–Crippen MR) is 119 cm³/mol. The molecular weight excluding hydrogens is 395 g/mol. The van der Waals surface area contributed by atoms with E-state index >= 15 is 0 Å². The van der Waals surface area contributed by atoms with Crippen LogP contribution in [0, 0.1) is 5.82 Å². The normalized spacial score (nSPS) is 11.4. The third-order valence-electron chi connectivity index (χ3n) is 5.34. The van der Waals surface area contributed by atoms with E-state index in [4.69, 9.17) is 0 Å². The molecule has 7 nitrogen and oxygen atoms in total. The molecule has 0 aliphatic carbocycles. The van der Waals surface area contributed by atoms with Crippen molar-refractivity contribution in [3.8, 4) is 5.69 Å². The fourth-order valence-electron chi connectivity index (χ4n) is 3.56. The van der Waals surface area contributed by atoms with Gasteiger partial charge in [0.2, 0.25) is 5.95 Å². The van der Waals surface area contributed by atoms with Crippen molar-refractivity contribution < 1.29 is 9.18 Å². The van der Waals surface area contributed by atoms with Crippen LogP contribution in [0.5, 0.6) is 0 Å². The number of fused-ring (bicyclic) bond motifs is 1. The van der Waals surface area contributed by atoms with Crippen LogP contribution in [0.15, 0.2) is 60.8 Å². The van der Waals surface area contributed by atoms with Crippen LogP contribution in [-0.2, 0) is 6.54 Å². The smallest absolute Gasteiger partial charge is 0.278 e. The van der Waals surface area contributed by atoms with Gasteiger partial charge in [0.15, 0.2) is 5.69 Å². The minimum absolute atomic E-state index is 0.186. The molecule has 0 aliphatic heterocycles. The van der Waals surface area contributed by atoms with Crippen molar-refractivity contribution in [1.82, 2.24) is 24.2 Å². The number of carbonyl (C=O) groups excluding carboxylic acids is 1. The van der Waals surface area contributed by atoms with Crippen LogP contribution >= 0.6 is 0 Å². The Bertz CT molecular complexity index is 1190. The van der Waals surface area contributed by atoms with Gasteiger partial charge in [-0.3, -0.25) is 10.1 Å². The number of carbonyl (C=O) groups is 1. The Morgan fingerprint density at radius 1 is 1.06 bits per heavy atom. The summed E-state index contributed by atoms with van der Waals surface area (Å²) in [7, 11) is 0. The highest BCUT2D eigenvalue weighted by atomic mass is 19.1. The number of nitrogens with one attached hydrogen (secondary N) is 1. The van der Waals surface area contributed by atoms with Crippen molar-refractivity contribution in [2.75, 3.05) is 25.0 Å². The molecule has 0 saturated heterocycles. The van der Waals surface area contributed by atoms with Crippen LogP contribution in [0.3, 0.4) is 0 Å². The molecule has 0 saturated carbocycles. The maximum absolute atomic E-state index is 14.0. The highest BCUT2D eigenvalue weighted by Gasteiger charge is 2.17. The van der Waals surface area contributed by atoms with Gasteiger partial charge in [0.1, 0.15) is 11.5 Å². The number of hydrogen-bond acceptors (Lipinski definition) is 4. The van der Waals surface area contributed by atoms with Crippen molar-refractivity contribution in [2.24, 2.45) is 0 Å². The zero-order valence-electron chi connectivity index (χ0n) is 17.6. The van der Waals surface area contributed by atoms with Gasteiger partial charge in [-0.15, -0.1) is 0 Å². The molecular formula is C23H25FN6O. The van der Waals surface area contributed by atoms with Gasteiger partial charge in [0.25, 0.3) is 5.91 Å². The van der Waals surface area contributed by atoms with Crippen LogP contribution in [0.4, 0.5) is 10.3 Å². The number of likely N-dealkylation sites (N-methyl/N-ethyl adjacent to an activating group) is 1. The summed E-state index contributed by atoms with van der Waals surface area (Å²) >= 11 is 0. The first-order chi connectivity index (χ1) is 15.1. The predicted octanol–water partition coefficient (Wildman–Crippen LogP) is 3.96. The molecule has 31 heavy (non-hydrogen) atoms. The number of nitrogens with zero attached hydrogens (tertiary/aromatic N) is 5. The summed E-state index contributed by atoms with van der Waals surface area (Å²) in [6.45, 7) is 7.71. The number of amides is 1. The average Bonchev–Trinajstić information content (AvgIpc) is 3.40. The summed E-state index contributed by atoms with van der Waals surface area (Å²) in [5.74, 6) is -0.330. The molecule has 2 aromatic heterocycles. The lowest BCUT2D eigenvalue weighted by atomic mass is 10.3. The molecule has 0 aliphatic rings. The number of benzene rings is 2. The van der Waals surface area contributed by atoms with Gasteiger partial charge >= 0.3 is 0 Å². The molecule has 4 aromatic rings. The highest BCUT2D eigenvalue weighted by molar-refractivity contribution is 6.02. The van der Waals surface area contributed by atoms with Gasteiger partial charge in [-0.25, -0.2) is 14.1 Å². The molecule has 2 aromatic carbocycles. The van der Waals surface area contributed by atoms with E-state index in [1.54, 1.807) is 30.5 Å². The van der Waals surface area contributed by atoms with Crippen LogP contribution in [0.2, 0.25) is 0 Å². The number of anilines is 1. The zero-order chi connectivity index (χ0) is 21.8. The van der Waals surface area contributed by atoms with E-state index in [0.717, 1.165) is 30.7 Å². The molecule has 0 bridgehead atoms. The maximum Gasteiger partial charge on any atom is 0.278 e. The molecule has 0 radical (unpaired) electrons. The fraction of sp³-hybridized carbons (Fsp3) is 0.261. The van der Waals surface area contributed by atoms with Gasteiger partial charge in [-0.05, 0) is 43.4 Å². The van der Waals surface area contributed by atoms with Crippen molar-refractivity contribution in [3.05, 3.63) is 72.3 Å². The Morgan fingerprint density at radius 2 is 1.81 bits per heavy atom. The first-order valence-electron chi connectivity index (χ1n) is 10.4. The van der Waals surface area contributed by atoms with Gasteiger partial charge in [-0.2, -0.15) is 5.10 Å². The third-order valence-corrected chi connectivity index (χ3v) is 5.34. The van der Waals surface area contributed by atoms with E-state index in [1.165, 1.54) is 10.7 Å². The van der Waals surface area contributed by atoms with Gasteiger partial charge in [0.05, 0.1) is 11.0 Å². The number of imidazole rings is 1. The van der Waals surface area contributed by atoms with Gasteiger partial charge < -0.3 is 9.47 Å². The minimum atomic E-state index is -0.407. The monoisotopic (exact) mass is 420 g/mol. The fourth-order valence-corrected chi connectivity index (χ4v) is 3.56. The maximum atomic E-state index is 14.0. The Kier molecular flexibility index (Phi) is 6.08. The number of hydrogen-bond donors (Lipinski definition) is 1. The summed E-state index contributed by atoms with van der Waals surface area (Å²) in [6, 6.07) is 15.7. The lowest BCUT2D eigenvalue weighted by Gasteiger charge is -2.19. The molecule has 1 N–H and O–H groups in total. The molecule has 8 heteroatoms. The molecule has 0 spiro atoms. The van der Waals surface area contributed by atoms with Gasteiger partial charge in [-0.1, -0.05) is 38.1 Å². The van der Waals surface area contributed by atoms with E-state index in [0.29, 0.717) is 12.5 Å². The molecule has 0 unspecified atom stereocenters. The van der Waals surface area contributed by atoms with Crippen LogP contribution in [0.25, 0.3) is 16.7 Å². The summed E-state index contributed by atoms with van der Waals surface area (Å²) in [5, 5.41) is 7.12. The van der Waals surface area contributed by atoms with Crippen LogP contribution < -0.4 is 5.32 Å². The second-order valence-electron chi connectivity index (χ2n) is 7.15. The Labute approximate surface area is 180 Å². The first-order valence-corrected chi connectivity index (χ1v) is 10.4. The minimum Gasteiger partial charge on any atom is -0.309 e. The number of halogens is 1. The standard InChI is InChI=1S/C23H25FN6O/c1-3-28(4-2)15-16-29-21-12-8-6-10-18(21)25-23(29)26-22(31)19-13-14-30(27-19)20-11-7-5-9-17(20)24/h5-14H,3-4,15-16H2,1-2H3,(H,25,26,31). The van der Waals surface area contributed by atoms with Gasteiger partial charge in [0, 0.05) is 19.3 Å². The summed E-state index contributed by atoms with van der Waals surface area (Å²) in [4.78, 5) is 19.8. The molecule has 0 atom stereocenters. The zero-order valence-corrected chi connectivity index (χ0v) is 17.6. The second kappa shape index (κ2) is 9.09. The molecule has 4 rings (SSSR count). The number of para-hydroxylation sites is 3. The summed E-state index contributed by atoms with van der Waals surface area (Å²) in [5.41, 5.74) is 2.25. The molecule has 1 amide bonds. The van der Waals surface area contributed by atoms with E-state index < -0.39 is 11.7 Å². The lowest BCUT2D eigenvalue weighted by Crippen LogP contribution is -2.27. The largest absolute Gasteiger partial charge is 0.309 e. The SMILES string of the molecule is CCN(CC)CCn1c(NC(=O)c2ccn(-c3ccccc3F)n2)nc2ccccc21. The van der Waals surface area contributed by atoms with Crippen molar-refractivity contribution in [1.29, 1.82) is 0 Å². The first kappa shape index (κ1) is 20.7. The summed E-state index contributed by atoms with van der Waals surface area (Å²) in [6.07, 6.45) is 1.57. The number of aromatic nitrogens is 4. The van der Waals surface area contributed by atoms with Crippen molar-refractivity contribution in [2.45, 2.75) is 20.4 Å². The third kappa shape index (κ3) is 4.34. The Morgan fingerprint density at radius 3 is 2.58 bits per heavy atom. The topological polar surface area (TPSA) is 68.0 Å². The highest BCUT2D eigenvalue weighted by Crippen LogP contribution is 2.20. The van der Waals surface area contributed by atoms with E-state index in [1.807, 2.05) is 28.8 Å². The summed E-state index contributed by atoms with van der Waals surface area (Å²) < 4.78 is 17.4. The Hall–Kier alpha value is -3.52. The second-order valence-corrected chi connectivity index (χ2v) is 7.15. The van der Waals surface area contributed by atoms with Crippen LogP contribution in [0.1, 0.15) is 24.3 Å². The molecule has 160 valence electrons. The van der Waals surface area contributed by atoms with Crippen molar-refractivity contribution in [3.63, 3.8) is 0 Å². The van der Waals surface area contributed by atoms with E-state index in [-0.39, 0.29) is 11.4 Å². The average molecular weight is 420 g/mol. The Balaban J connectivity index is 1.59. The number of rotatable bonds is 8. The molecule has 2 heterocycles. The molecule has 0 fully saturated rings. The van der Waals surface area contributed by atoms with Crippen LogP contribution in [-0.4, -0.2) is 49.8 Å².